The number of amides is 2. The molecule has 3 aliphatic rings. The third-order valence-corrected chi connectivity index (χ3v) is 10.1. The molecule has 7 rings (SSSR count). The van der Waals surface area contributed by atoms with E-state index in [-0.39, 0.29) is 69.7 Å². The normalized spacial score (nSPS) is 21.9. The molecule has 1 saturated heterocycles. The second-order valence-electron chi connectivity index (χ2n) is 12.9. The number of carbonyl (C=O) groups excluding carboxylic acids is 2. The Balaban J connectivity index is 1.29. The fourth-order valence-electron chi connectivity index (χ4n) is 7.59. The maximum absolute atomic E-state index is 14.4. The fraction of sp³-hybridized carbons (Fsp3) is 0.424. The maximum atomic E-state index is 14.4. The number of benzene rings is 1. The average Bonchev–Trinajstić information content (AvgIpc) is 3.68. The molecule has 5 heterocycles. The van der Waals surface area contributed by atoms with Gasteiger partial charge in [-0.1, -0.05) is 18.5 Å². The Morgan fingerprint density at radius 2 is 1.84 bits per heavy atom. The van der Waals surface area contributed by atoms with E-state index in [1.54, 1.807) is 23.3 Å². The van der Waals surface area contributed by atoms with Crippen LogP contribution in [0.25, 0.3) is 11.2 Å². The minimum Gasteiger partial charge on any atom is -0.504 e. The molecule has 0 unspecified atom stereocenters. The van der Waals surface area contributed by atoms with Crippen molar-refractivity contribution in [3.63, 3.8) is 0 Å². The number of pyridine rings is 1. The van der Waals surface area contributed by atoms with E-state index in [1.807, 2.05) is 11.8 Å². The van der Waals surface area contributed by atoms with Crippen LogP contribution in [-0.2, 0) is 11.0 Å². The number of alkyl halides is 3. The second kappa shape index (κ2) is 12.0. The van der Waals surface area contributed by atoms with Crippen molar-refractivity contribution in [2.75, 3.05) is 23.3 Å². The first kappa shape index (κ1) is 32.7. The van der Waals surface area contributed by atoms with Crippen molar-refractivity contribution in [1.29, 1.82) is 0 Å². The van der Waals surface area contributed by atoms with E-state index in [0.717, 1.165) is 24.6 Å². The highest BCUT2D eigenvalue weighted by atomic mass is 35.5. The Bertz CT molecular complexity index is 2090. The molecular weight excluding hydrogens is 665 g/mol. The van der Waals surface area contributed by atoms with Crippen LogP contribution in [0.5, 0.6) is 5.75 Å². The van der Waals surface area contributed by atoms with E-state index in [4.69, 9.17) is 11.6 Å². The zero-order valence-corrected chi connectivity index (χ0v) is 27.5. The Labute approximate surface area is 283 Å². The minimum absolute atomic E-state index is 0.0211. The molecule has 0 bridgehead atoms. The molecule has 1 aromatic carbocycles. The molecule has 4 aromatic rings. The molecule has 2 N–H and O–H groups in total. The summed E-state index contributed by atoms with van der Waals surface area (Å²) in [6, 6.07) is 1.34. The molecule has 2 aliphatic heterocycles. The van der Waals surface area contributed by atoms with E-state index in [1.165, 1.54) is 12.5 Å². The van der Waals surface area contributed by atoms with Crippen LogP contribution < -0.4 is 15.6 Å². The van der Waals surface area contributed by atoms with Crippen molar-refractivity contribution < 1.29 is 27.9 Å². The van der Waals surface area contributed by atoms with Crippen LogP contribution in [-0.4, -0.2) is 71.5 Å². The van der Waals surface area contributed by atoms with Crippen molar-refractivity contribution in [3.05, 3.63) is 74.3 Å². The van der Waals surface area contributed by atoms with Crippen molar-refractivity contribution in [3.8, 4) is 5.75 Å². The SMILES string of the molecule is Cc1cnc2c(n1)c(=O)c(N1CCN(C(=O)c3ncnc(C)c3O)[C@H]3CCC[C@@H]31)c1n2[C@@H](C(=O)Nc2ccc(C(F)(F)F)cc2Cl)C[C@H]1C. The molecule has 2 amide bonds. The number of hydrogen-bond acceptors (Lipinski definition) is 9. The number of nitrogens with zero attached hydrogens (tertiary/aromatic N) is 7. The molecule has 1 aliphatic carbocycles. The number of carbonyl (C=O) groups is 2. The van der Waals surface area contributed by atoms with Gasteiger partial charge in [0.25, 0.3) is 5.91 Å². The lowest BCUT2D eigenvalue weighted by Gasteiger charge is -2.46. The number of anilines is 2. The van der Waals surface area contributed by atoms with Gasteiger partial charge in [0.1, 0.15) is 18.1 Å². The Morgan fingerprint density at radius 1 is 1.08 bits per heavy atom. The van der Waals surface area contributed by atoms with Gasteiger partial charge in [-0.05, 0) is 57.7 Å². The molecule has 2 fully saturated rings. The van der Waals surface area contributed by atoms with Crippen LogP contribution in [0, 0.1) is 13.8 Å². The maximum Gasteiger partial charge on any atom is 0.416 e. The Morgan fingerprint density at radius 3 is 2.57 bits per heavy atom. The van der Waals surface area contributed by atoms with Crippen LogP contribution in [0.15, 0.2) is 35.5 Å². The monoisotopic (exact) mass is 696 g/mol. The summed E-state index contributed by atoms with van der Waals surface area (Å²) < 4.78 is 41.4. The van der Waals surface area contributed by atoms with Gasteiger partial charge in [0, 0.05) is 25.0 Å². The summed E-state index contributed by atoms with van der Waals surface area (Å²) in [5.74, 6) is -1.50. The van der Waals surface area contributed by atoms with Gasteiger partial charge in [0.05, 0.1) is 45.6 Å². The van der Waals surface area contributed by atoms with Crippen LogP contribution >= 0.6 is 11.6 Å². The lowest BCUT2D eigenvalue weighted by Crippen LogP contribution is -2.60. The molecule has 49 heavy (non-hydrogen) atoms. The highest BCUT2D eigenvalue weighted by Crippen LogP contribution is 2.45. The molecule has 0 radical (unpaired) electrons. The predicted molar refractivity (Wildman–Crippen MR) is 174 cm³/mol. The zero-order valence-electron chi connectivity index (χ0n) is 26.8. The molecule has 256 valence electrons. The number of aromatic nitrogens is 5. The number of aryl methyl sites for hydroxylation is 2. The molecule has 16 heteroatoms. The fourth-order valence-corrected chi connectivity index (χ4v) is 7.82. The first-order chi connectivity index (χ1) is 23.3. The van der Waals surface area contributed by atoms with Gasteiger partial charge < -0.3 is 24.8 Å². The van der Waals surface area contributed by atoms with Gasteiger partial charge in [-0.25, -0.2) is 19.9 Å². The smallest absolute Gasteiger partial charge is 0.416 e. The Hall–Kier alpha value is -4.79. The summed E-state index contributed by atoms with van der Waals surface area (Å²) in [6.07, 6.45) is 0.622. The van der Waals surface area contributed by atoms with Crippen LogP contribution in [0.2, 0.25) is 5.02 Å². The van der Waals surface area contributed by atoms with Gasteiger partial charge in [0.2, 0.25) is 11.3 Å². The minimum atomic E-state index is -4.60. The van der Waals surface area contributed by atoms with E-state index in [2.05, 4.69) is 25.3 Å². The molecule has 12 nitrogen and oxygen atoms in total. The number of hydrogen-bond donors (Lipinski definition) is 2. The largest absolute Gasteiger partial charge is 0.504 e. The van der Waals surface area contributed by atoms with Crippen LogP contribution in [0.3, 0.4) is 0 Å². The number of fused-ring (bicyclic) bond motifs is 4. The summed E-state index contributed by atoms with van der Waals surface area (Å²) in [6.45, 7) is 5.77. The molecule has 0 spiro atoms. The number of rotatable bonds is 4. The van der Waals surface area contributed by atoms with Gasteiger partial charge >= 0.3 is 6.18 Å². The number of aromatic hydroxyl groups is 1. The highest BCUT2D eigenvalue weighted by molar-refractivity contribution is 6.33. The van der Waals surface area contributed by atoms with Crippen LogP contribution in [0.1, 0.15) is 77.7 Å². The van der Waals surface area contributed by atoms with Crippen molar-refractivity contribution in [2.45, 2.75) is 76.7 Å². The molecule has 3 aromatic heterocycles. The second-order valence-corrected chi connectivity index (χ2v) is 13.3. The third-order valence-electron chi connectivity index (χ3n) is 9.83. The average molecular weight is 697 g/mol. The van der Waals surface area contributed by atoms with Gasteiger partial charge in [-0.2, -0.15) is 13.2 Å². The third kappa shape index (κ3) is 5.43. The summed E-state index contributed by atoms with van der Waals surface area (Å²) >= 11 is 6.18. The summed E-state index contributed by atoms with van der Waals surface area (Å²) in [4.78, 5) is 62.9. The quantitative estimate of drug-likeness (QED) is 0.296. The van der Waals surface area contributed by atoms with Gasteiger partial charge in [0.15, 0.2) is 22.6 Å². The number of nitrogens with one attached hydrogen (secondary N) is 1. The first-order valence-electron chi connectivity index (χ1n) is 15.9. The summed E-state index contributed by atoms with van der Waals surface area (Å²) in [5, 5.41) is 13.0. The zero-order chi connectivity index (χ0) is 34.9. The number of piperazine rings is 1. The molecule has 1 saturated carbocycles. The van der Waals surface area contributed by atoms with Gasteiger partial charge in [-0.3, -0.25) is 14.4 Å². The topological polar surface area (TPSA) is 146 Å². The lowest BCUT2D eigenvalue weighted by atomic mass is 9.98. The first-order valence-corrected chi connectivity index (χ1v) is 16.3. The van der Waals surface area contributed by atoms with Crippen molar-refractivity contribution in [2.24, 2.45) is 0 Å². The predicted octanol–water partition coefficient (Wildman–Crippen LogP) is 5.15. The molecule has 4 atom stereocenters. The van der Waals surface area contributed by atoms with Crippen molar-refractivity contribution in [1.82, 2.24) is 29.4 Å². The van der Waals surface area contributed by atoms with E-state index >= 15 is 0 Å². The van der Waals surface area contributed by atoms with E-state index in [9.17, 15) is 32.7 Å². The molecular formula is C33H32ClF3N8O4. The summed E-state index contributed by atoms with van der Waals surface area (Å²) in [5.41, 5.74) is 0.800. The van der Waals surface area contributed by atoms with E-state index in [0.29, 0.717) is 42.2 Å². The Kier molecular flexibility index (Phi) is 8.00. The highest BCUT2D eigenvalue weighted by Gasteiger charge is 2.47. The van der Waals surface area contributed by atoms with Crippen molar-refractivity contribution >= 4 is 46.0 Å². The number of halogens is 4. The standard InChI is InChI=1S/C33H32ClF3N8O4/c1-15-11-23(31(48)42-20-8-7-18(12-19(20)34)33(35,36)37)45-26(15)27(29(47)24-30(45)38-13-16(2)41-24)43-9-10-44(22-6-4-5-21(22)43)32(49)25-28(46)17(3)39-14-40-25/h7-8,12-15,21-23,46H,4-6,9-11H2,1-3H3,(H,42,48)/t15-,21+,22+,23-/m1/s1. The lowest BCUT2D eigenvalue weighted by molar-refractivity contribution is -0.137. The van der Waals surface area contributed by atoms with E-state index < -0.39 is 29.6 Å². The summed E-state index contributed by atoms with van der Waals surface area (Å²) in [7, 11) is 0. The van der Waals surface area contributed by atoms with Gasteiger partial charge in [-0.15, -0.1) is 0 Å². The van der Waals surface area contributed by atoms with Crippen LogP contribution in [0.4, 0.5) is 24.5 Å².